The standard InChI is InChI=1S/C25H36NO2P/c1-9-25(6,29-22-13-11-10-12-19(22)16-26-7)21-15-18(2)14-20(24(3,4)5)23(21)28-17-27-8/h10-16,29H,9,17H2,1-8H3/b26-16+. The van der Waals surface area contributed by atoms with Crippen LogP contribution in [-0.2, 0) is 15.3 Å². The van der Waals surface area contributed by atoms with Crippen molar-refractivity contribution in [3.8, 4) is 5.75 Å². The van der Waals surface area contributed by atoms with E-state index in [4.69, 9.17) is 9.47 Å². The Morgan fingerprint density at radius 3 is 2.31 bits per heavy atom. The Kier molecular flexibility index (Phi) is 8.02. The quantitative estimate of drug-likeness (QED) is 0.304. The Bertz CT molecular complexity index is 854. The molecule has 4 heteroatoms. The van der Waals surface area contributed by atoms with Gasteiger partial charge < -0.3 is 9.47 Å². The van der Waals surface area contributed by atoms with Gasteiger partial charge in [0.1, 0.15) is 5.75 Å². The van der Waals surface area contributed by atoms with Gasteiger partial charge in [-0.25, -0.2) is 0 Å². The van der Waals surface area contributed by atoms with E-state index in [0.717, 1.165) is 12.2 Å². The minimum Gasteiger partial charge on any atom is -0.467 e. The molecule has 0 aliphatic heterocycles. The fraction of sp³-hybridized carbons (Fsp3) is 0.480. The van der Waals surface area contributed by atoms with Crippen LogP contribution in [0.3, 0.4) is 0 Å². The van der Waals surface area contributed by atoms with Crippen molar-refractivity contribution in [3.05, 3.63) is 58.7 Å². The van der Waals surface area contributed by atoms with Gasteiger partial charge >= 0.3 is 0 Å². The van der Waals surface area contributed by atoms with Gasteiger partial charge in [0.25, 0.3) is 0 Å². The molecule has 2 rings (SSSR count). The lowest BCUT2D eigenvalue weighted by Crippen LogP contribution is -2.24. The van der Waals surface area contributed by atoms with Crippen LogP contribution < -0.4 is 10.0 Å². The summed E-state index contributed by atoms with van der Waals surface area (Å²) in [7, 11) is 4.10. The summed E-state index contributed by atoms with van der Waals surface area (Å²) in [6.45, 7) is 13.8. The van der Waals surface area contributed by atoms with Crippen LogP contribution in [0.25, 0.3) is 0 Å². The lowest BCUT2D eigenvalue weighted by molar-refractivity contribution is 0.0487. The van der Waals surface area contributed by atoms with E-state index in [1.54, 1.807) is 7.11 Å². The topological polar surface area (TPSA) is 30.8 Å². The molecule has 0 bridgehead atoms. The molecule has 158 valence electrons. The van der Waals surface area contributed by atoms with Crippen LogP contribution in [0.1, 0.15) is 63.3 Å². The van der Waals surface area contributed by atoms with Gasteiger partial charge in [0.05, 0.1) is 0 Å². The first-order valence-corrected chi connectivity index (χ1v) is 11.2. The summed E-state index contributed by atoms with van der Waals surface area (Å²) >= 11 is 0. The summed E-state index contributed by atoms with van der Waals surface area (Å²) in [5, 5.41) is 1.28. The molecule has 3 nitrogen and oxygen atoms in total. The molecule has 0 N–H and O–H groups in total. The molecule has 0 amide bonds. The first kappa shape index (κ1) is 23.6. The van der Waals surface area contributed by atoms with Gasteiger partial charge in [-0.1, -0.05) is 85.2 Å². The number of benzene rings is 2. The Morgan fingerprint density at radius 1 is 1.07 bits per heavy atom. The van der Waals surface area contributed by atoms with E-state index in [9.17, 15) is 0 Å². The lowest BCUT2D eigenvalue weighted by atomic mass is 9.81. The number of hydrogen-bond donors (Lipinski definition) is 0. The third kappa shape index (κ3) is 5.68. The van der Waals surface area contributed by atoms with Crippen molar-refractivity contribution >= 4 is 20.1 Å². The molecule has 2 aromatic carbocycles. The third-order valence-corrected chi connectivity index (χ3v) is 7.20. The molecular weight excluding hydrogens is 377 g/mol. The Balaban J connectivity index is 2.66. The third-order valence-electron chi connectivity index (χ3n) is 5.30. The van der Waals surface area contributed by atoms with Gasteiger partial charge in [-0.05, 0) is 29.6 Å². The van der Waals surface area contributed by atoms with Gasteiger partial charge in [0, 0.05) is 36.7 Å². The molecule has 2 atom stereocenters. The van der Waals surface area contributed by atoms with Crippen LogP contribution in [-0.4, -0.2) is 27.2 Å². The molecule has 0 heterocycles. The molecule has 0 fully saturated rings. The van der Waals surface area contributed by atoms with Crippen molar-refractivity contribution in [2.45, 2.75) is 58.5 Å². The van der Waals surface area contributed by atoms with Crippen LogP contribution in [0, 0.1) is 6.92 Å². The SMILES string of the molecule is CCC(C)(Pc1ccccc1/C=N/C)c1cc(C)cc(C(C)(C)C)c1OCOC. The van der Waals surface area contributed by atoms with Crippen molar-refractivity contribution in [1.29, 1.82) is 0 Å². The fourth-order valence-corrected chi connectivity index (χ4v) is 5.08. The summed E-state index contributed by atoms with van der Waals surface area (Å²) in [6, 6.07) is 13.1. The molecule has 0 aromatic heterocycles. The molecule has 29 heavy (non-hydrogen) atoms. The van der Waals surface area contributed by atoms with E-state index < -0.39 is 0 Å². The highest BCUT2D eigenvalue weighted by atomic mass is 31.1. The number of aliphatic imine (C=N–C) groups is 1. The van der Waals surface area contributed by atoms with E-state index >= 15 is 0 Å². The molecule has 0 aliphatic carbocycles. The lowest BCUT2D eigenvalue weighted by Gasteiger charge is -2.35. The maximum atomic E-state index is 6.22. The van der Waals surface area contributed by atoms with Crippen LogP contribution in [0.4, 0.5) is 0 Å². The highest BCUT2D eigenvalue weighted by Gasteiger charge is 2.33. The van der Waals surface area contributed by atoms with Crippen molar-refractivity contribution in [2.24, 2.45) is 4.99 Å². The summed E-state index contributed by atoms with van der Waals surface area (Å²) in [4.78, 5) is 4.25. The Morgan fingerprint density at radius 2 is 1.72 bits per heavy atom. The predicted octanol–water partition coefficient (Wildman–Crippen LogP) is 5.95. The molecule has 0 saturated heterocycles. The number of nitrogens with zero attached hydrogens (tertiary/aromatic N) is 1. The summed E-state index contributed by atoms with van der Waals surface area (Å²) in [6.07, 6.45) is 2.97. The zero-order chi connectivity index (χ0) is 21.7. The summed E-state index contributed by atoms with van der Waals surface area (Å²) in [5.41, 5.74) is 4.94. The number of ether oxygens (including phenoxy) is 2. The minimum atomic E-state index is -0.0488. The van der Waals surface area contributed by atoms with Gasteiger partial charge in [-0.15, -0.1) is 0 Å². The van der Waals surface area contributed by atoms with Crippen molar-refractivity contribution in [3.63, 3.8) is 0 Å². The fourth-order valence-electron chi connectivity index (χ4n) is 3.52. The zero-order valence-corrected chi connectivity index (χ0v) is 20.2. The molecule has 0 saturated carbocycles. The molecule has 2 unspecified atom stereocenters. The number of aryl methyl sites for hydroxylation is 1. The van der Waals surface area contributed by atoms with Crippen LogP contribution >= 0.6 is 8.58 Å². The number of hydrogen-bond acceptors (Lipinski definition) is 3. The summed E-state index contributed by atoms with van der Waals surface area (Å²) in [5.74, 6) is 0.975. The average molecular weight is 414 g/mol. The maximum absolute atomic E-state index is 6.22. The van der Waals surface area contributed by atoms with Crippen LogP contribution in [0.5, 0.6) is 5.75 Å². The minimum absolute atomic E-state index is 0.0195. The highest BCUT2D eigenvalue weighted by molar-refractivity contribution is 7.48. The van der Waals surface area contributed by atoms with Gasteiger partial charge in [0.15, 0.2) is 6.79 Å². The van der Waals surface area contributed by atoms with E-state index in [2.05, 4.69) is 82.9 Å². The summed E-state index contributed by atoms with van der Waals surface area (Å²) < 4.78 is 11.5. The first-order valence-electron chi connectivity index (χ1n) is 10.2. The van der Waals surface area contributed by atoms with E-state index in [1.807, 2.05) is 13.3 Å². The van der Waals surface area contributed by atoms with E-state index in [1.165, 1.54) is 27.6 Å². The van der Waals surface area contributed by atoms with E-state index in [0.29, 0.717) is 8.58 Å². The van der Waals surface area contributed by atoms with Crippen molar-refractivity contribution in [2.75, 3.05) is 21.0 Å². The second-order valence-corrected chi connectivity index (χ2v) is 10.7. The van der Waals surface area contributed by atoms with Gasteiger partial charge in [-0.2, -0.15) is 0 Å². The van der Waals surface area contributed by atoms with E-state index in [-0.39, 0.29) is 17.4 Å². The average Bonchev–Trinajstić information content (AvgIpc) is 2.67. The largest absolute Gasteiger partial charge is 0.467 e. The van der Waals surface area contributed by atoms with Gasteiger partial charge in [-0.3, -0.25) is 4.99 Å². The second kappa shape index (κ2) is 9.87. The molecule has 2 aromatic rings. The monoisotopic (exact) mass is 413 g/mol. The van der Waals surface area contributed by atoms with Gasteiger partial charge in [0.2, 0.25) is 0 Å². The smallest absolute Gasteiger partial charge is 0.188 e. The Hall–Kier alpha value is -1.70. The number of rotatable bonds is 8. The van der Waals surface area contributed by atoms with Crippen LogP contribution in [0.2, 0.25) is 0 Å². The Labute approximate surface area is 178 Å². The number of methoxy groups -OCH3 is 1. The second-order valence-electron chi connectivity index (χ2n) is 8.78. The molecule has 0 radical (unpaired) electrons. The zero-order valence-electron chi connectivity index (χ0n) is 19.2. The molecular formula is C25H36NO2P. The molecule has 0 spiro atoms. The van der Waals surface area contributed by atoms with Crippen LogP contribution in [0.15, 0.2) is 41.4 Å². The van der Waals surface area contributed by atoms with Crippen molar-refractivity contribution in [1.82, 2.24) is 0 Å². The maximum Gasteiger partial charge on any atom is 0.188 e. The highest BCUT2D eigenvalue weighted by Crippen LogP contribution is 2.50. The van der Waals surface area contributed by atoms with Crippen molar-refractivity contribution < 1.29 is 9.47 Å². The molecule has 0 aliphatic rings. The predicted molar refractivity (Wildman–Crippen MR) is 128 cm³/mol. The first-order chi connectivity index (χ1) is 13.7. The normalized spacial score (nSPS) is 14.6.